The molecule has 4 saturated carbocycles. The van der Waals surface area contributed by atoms with Gasteiger partial charge in [-0.3, -0.25) is 0 Å². The molecule has 0 aromatic heterocycles. The summed E-state index contributed by atoms with van der Waals surface area (Å²) in [4.78, 5) is 0. The van der Waals surface area contributed by atoms with Crippen molar-refractivity contribution in [1.29, 1.82) is 0 Å². The van der Waals surface area contributed by atoms with Crippen LogP contribution in [0.1, 0.15) is 71.6 Å². The number of ether oxygens (including phenoxy) is 4. The van der Waals surface area contributed by atoms with Crippen molar-refractivity contribution in [3.05, 3.63) is 0 Å². The second kappa shape index (κ2) is 6.41. The fourth-order valence-electron chi connectivity index (χ4n) is 9.35. The predicted octanol–water partition coefficient (Wildman–Crippen LogP) is 3.88. The van der Waals surface area contributed by atoms with Crippen molar-refractivity contribution in [2.24, 2.45) is 34.5 Å². The Morgan fingerprint density at radius 2 is 1.52 bits per heavy atom. The van der Waals surface area contributed by atoms with Gasteiger partial charge in [0.25, 0.3) is 0 Å². The van der Waals surface area contributed by atoms with Crippen LogP contribution in [0.2, 0.25) is 0 Å². The van der Waals surface area contributed by atoms with Crippen LogP contribution >= 0.6 is 0 Å². The summed E-state index contributed by atoms with van der Waals surface area (Å²) in [6.07, 6.45) is 9.51. The third kappa shape index (κ3) is 2.40. The SMILES string of the molecule is CC[C@]12CCC3(C[C@@H]1[C@@H](O)CC1C2CC[C@@]2(C)C1CCC21OCCO1)OCCO3. The fraction of sp³-hybridized carbons (Fsp3) is 1.00. The smallest absolute Gasteiger partial charge is 0.174 e. The van der Waals surface area contributed by atoms with Crippen molar-refractivity contribution in [1.82, 2.24) is 0 Å². The van der Waals surface area contributed by atoms with Gasteiger partial charge >= 0.3 is 0 Å². The molecule has 2 aliphatic heterocycles. The summed E-state index contributed by atoms with van der Waals surface area (Å²) >= 11 is 0. The van der Waals surface area contributed by atoms with Crippen LogP contribution in [0.3, 0.4) is 0 Å². The Labute approximate surface area is 174 Å². The summed E-state index contributed by atoms with van der Waals surface area (Å²) in [6, 6.07) is 0. The predicted molar refractivity (Wildman–Crippen MR) is 107 cm³/mol. The van der Waals surface area contributed by atoms with E-state index >= 15 is 0 Å². The highest BCUT2D eigenvalue weighted by molar-refractivity contribution is 5.15. The second-order valence-corrected chi connectivity index (χ2v) is 11.1. The highest BCUT2D eigenvalue weighted by Crippen LogP contribution is 2.70. The normalized spacial score (nSPS) is 52.4. The van der Waals surface area contributed by atoms with Gasteiger partial charge in [0.1, 0.15) is 0 Å². The average molecular weight is 407 g/mol. The minimum atomic E-state index is -0.413. The van der Waals surface area contributed by atoms with Crippen molar-refractivity contribution in [3.63, 3.8) is 0 Å². The molecule has 2 saturated heterocycles. The third-order valence-electron chi connectivity index (χ3n) is 10.7. The molecular weight excluding hydrogens is 368 g/mol. The van der Waals surface area contributed by atoms with E-state index in [1.807, 2.05) is 0 Å². The molecule has 2 heterocycles. The Morgan fingerprint density at radius 1 is 0.828 bits per heavy atom. The molecule has 1 N–H and O–H groups in total. The fourth-order valence-corrected chi connectivity index (χ4v) is 9.35. The zero-order chi connectivity index (χ0) is 19.9. The molecule has 6 aliphatic rings. The van der Waals surface area contributed by atoms with E-state index in [1.165, 1.54) is 19.3 Å². The van der Waals surface area contributed by atoms with Gasteiger partial charge in [-0.15, -0.1) is 0 Å². The van der Waals surface area contributed by atoms with E-state index in [-0.39, 0.29) is 22.7 Å². The van der Waals surface area contributed by atoms with Crippen molar-refractivity contribution < 1.29 is 24.1 Å². The van der Waals surface area contributed by atoms with Crippen LogP contribution in [0.25, 0.3) is 0 Å². The van der Waals surface area contributed by atoms with Crippen molar-refractivity contribution in [2.45, 2.75) is 89.3 Å². The first kappa shape index (κ1) is 19.5. The number of fused-ring (bicyclic) bond motifs is 6. The molecule has 2 spiro atoms. The monoisotopic (exact) mass is 406 g/mol. The van der Waals surface area contributed by atoms with Crippen molar-refractivity contribution in [3.8, 4) is 0 Å². The first-order chi connectivity index (χ1) is 14.0. The second-order valence-electron chi connectivity index (χ2n) is 11.1. The van der Waals surface area contributed by atoms with Gasteiger partial charge in [0.05, 0.1) is 32.5 Å². The Bertz CT molecular complexity index is 654. The van der Waals surface area contributed by atoms with E-state index < -0.39 is 5.79 Å². The molecule has 0 radical (unpaired) electrons. The molecule has 0 amide bonds. The van der Waals surface area contributed by atoms with E-state index in [4.69, 9.17) is 18.9 Å². The van der Waals surface area contributed by atoms with Gasteiger partial charge in [0.2, 0.25) is 0 Å². The lowest BCUT2D eigenvalue weighted by Crippen LogP contribution is -2.62. The lowest BCUT2D eigenvalue weighted by Gasteiger charge is -2.64. The Hall–Kier alpha value is -0.200. The summed E-state index contributed by atoms with van der Waals surface area (Å²) in [5, 5.41) is 11.5. The molecule has 0 bridgehead atoms. The van der Waals surface area contributed by atoms with Crippen LogP contribution in [0, 0.1) is 34.5 Å². The molecule has 0 aromatic rings. The minimum Gasteiger partial charge on any atom is -0.393 e. The van der Waals surface area contributed by atoms with Crippen molar-refractivity contribution >= 4 is 0 Å². The molecule has 3 unspecified atom stereocenters. The van der Waals surface area contributed by atoms with E-state index in [0.29, 0.717) is 36.9 Å². The third-order valence-corrected chi connectivity index (χ3v) is 10.7. The molecule has 6 fully saturated rings. The highest BCUT2D eigenvalue weighted by atomic mass is 16.7. The molecule has 4 aliphatic carbocycles. The molecule has 5 heteroatoms. The Morgan fingerprint density at radius 3 is 2.24 bits per heavy atom. The van der Waals surface area contributed by atoms with Gasteiger partial charge in [-0.1, -0.05) is 13.8 Å². The molecule has 29 heavy (non-hydrogen) atoms. The molecule has 6 rings (SSSR count). The number of aliphatic hydroxyl groups excluding tert-OH is 1. The van der Waals surface area contributed by atoms with Crippen LogP contribution in [-0.2, 0) is 18.9 Å². The quantitative estimate of drug-likeness (QED) is 0.716. The lowest BCUT2D eigenvalue weighted by atomic mass is 9.43. The van der Waals surface area contributed by atoms with Crippen LogP contribution < -0.4 is 0 Å². The molecule has 164 valence electrons. The molecule has 7 atom stereocenters. The van der Waals surface area contributed by atoms with Crippen LogP contribution in [0.15, 0.2) is 0 Å². The van der Waals surface area contributed by atoms with E-state index in [2.05, 4.69) is 13.8 Å². The van der Waals surface area contributed by atoms with Gasteiger partial charge in [-0.25, -0.2) is 0 Å². The topological polar surface area (TPSA) is 57.2 Å². The summed E-state index contributed by atoms with van der Waals surface area (Å²) in [6.45, 7) is 7.68. The summed E-state index contributed by atoms with van der Waals surface area (Å²) in [5.41, 5.74) is 0.330. The zero-order valence-corrected chi connectivity index (χ0v) is 18.2. The van der Waals surface area contributed by atoms with Crippen LogP contribution in [0.5, 0.6) is 0 Å². The zero-order valence-electron chi connectivity index (χ0n) is 18.2. The van der Waals surface area contributed by atoms with E-state index in [0.717, 1.165) is 51.7 Å². The van der Waals surface area contributed by atoms with Crippen LogP contribution in [0.4, 0.5) is 0 Å². The highest BCUT2D eigenvalue weighted by Gasteiger charge is 2.69. The number of hydrogen-bond acceptors (Lipinski definition) is 5. The number of rotatable bonds is 1. The van der Waals surface area contributed by atoms with Crippen molar-refractivity contribution in [2.75, 3.05) is 26.4 Å². The van der Waals surface area contributed by atoms with Gasteiger partial charge in [0, 0.05) is 24.7 Å². The first-order valence-electron chi connectivity index (χ1n) is 12.2. The Kier molecular flexibility index (Phi) is 4.31. The largest absolute Gasteiger partial charge is 0.393 e. The van der Waals surface area contributed by atoms with Gasteiger partial charge in [-0.05, 0) is 67.6 Å². The maximum Gasteiger partial charge on any atom is 0.174 e. The number of aliphatic hydroxyl groups is 1. The Balaban J connectivity index is 1.33. The average Bonchev–Trinajstić information content (AvgIpc) is 3.45. The summed E-state index contributed by atoms with van der Waals surface area (Å²) in [5.74, 6) is 1.43. The lowest BCUT2D eigenvalue weighted by molar-refractivity contribution is -0.272. The molecule has 0 aromatic carbocycles. The maximum absolute atomic E-state index is 11.5. The minimum absolute atomic E-state index is 0.0969. The first-order valence-corrected chi connectivity index (χ1v) is 12.2. The van der Waals surface area contributed by atoms with E-state index in [1.54, 1.807) is 0 Å². The summed E-state index contributed by atoms with van der Waals surface area (Å²) in [7, 11) is 0. The number of hydrogen-bond donors (Lipinski definition) is 1. The maximum atomic E-state index is 11.5. The van der Waals surface area contributed by atoms with Gasteiger partial charge < -0.3 is 24.1 Å². The summed E-state index contributed by atoms with van der Waals surface area (Å²) < 4.78 is 24.7. The van der Waals surface area contributed by atoms with E-state index in [9.17, 15) is 5.11 Å². The van der Waals surface area contributed by atoms with Gasteiger partial charge in [0.15, 0.2) is 11.6 Å². The van der Waals surface area contributed by atoms with Crippen LogP contribution in [-0.4, -0.2) is 49.2 Å². The molecule has 5 nitrogen and oxygen atoms in total. The standard InChI is InChI=1S/C24H38O5/c1-3-22-8-9-23(26-10-11-27-23)15-19(22)20(25)14-16-17-5-7-24(28-12-13-29-24)21(17,2)6-4-18(16)22/h16-20,25H,3-15H2,1-2H3/t16?,17?,18?,19-,20+,21+,22-/m1/s1. The molecular formula is C24H38O5. The van der Waals surface area contributed by atoms with Gasteiger partial charge in [-0.2, -0.15) is 0 Å².